The summed E-state index contributed by atoms with van der Waals surface area (Å²) in [6.45, 7) is 5.06. The summed E-state index contributed by atoms with van der Waals surface area (Å²) in [6.07, 6.45) is 1.50. The van der Waals surface area contributed by atoms with Crippen molar-refractivity contribution in [1.82, 2.24) is 10.2 Å². The number of nitrogens with one attached hydrogen (secondary N) is 1. The highest BCUT2D eigenvalue weighted by Gasteiger charge is 2.20. The molecule has 1 aromatic rings. The fraction of sp³-hybridized carbons (Fsp3) is 0.588. The number of amides is 1. The normalized spacial score (nSPS) is 14.2. The molecule has 0 spiro atoms. The van der Waals surface area contributed by atoms with Crippen LogP contribution in [-0.2, 0) is 11.2 Å². The minimum Gasteiger partial charge on any atom is -0.350 e. The van der Waals surface area contributed by atoms with Gasteiger partial charge in [0, 0.05) is 12.6 Å². The Bertz CT molecular complexity index is 417. The average molecular weight is 291 g/mol. The molecule has 1 unspecified atom stereocenters. The van der Waals surface area contributed by atoms with E-state index >= 15 is 0 Å². The number of hydrogen-bond acceptors (Lipinski definition) is 3. The number of aryl methyl sites for hydroxylation is 1. The Morgan fingerprint density at radius 3 is 2.38 bits per heavy atom. The van der Waals surface area contributed by atoms with Gasteiger partial charge in [0.2, 0.25) is 5.91 Å². The lowest BCUT2D eigenvalue weighted by molar-refractivity contribution is -0.123. The Kier molecular flexibility index (Phi) is 7.40. The molecule has 0 aromatic heterocycles. The SMILES string of the molecule is CC(C)C(CN(C)C)NC(=O)[C@@H](N)CCc1ccccc1. The Balaban J connectivity index is 2.45. The molecule has 1 rings (SSSR count). The van der Waals surface area contributed by atoms with Crippen LogP contribution in [0.25, 0.3) is 0 Å². The van der Waals surface area contributed by atoms with Crippen molar-refractivity contribution < 1.29 is 4.79 Å². The zero-order chi connectivity index (χ0) is 15.8. The summed E-state index contributed by atoms with van der Waals surface area (Å²) >= 11 is 0. The first-order valence-corrected chi connectivity index (χ1v) is 7.64. The van der Waals surface area contributed by atoms with Crippen molar-refractivity contribution in [2.45, 2.75) is 38.8 Å². The molecule has 3 N–H and O–H groups in total. The van der Waals surface area contributed by atoms with Crippen LogP contribution in [0.2, 0.25) is 0 Å². The number of rotatable bonds is 8. The van der Waals surface area contributed by atoms with Crippen LogP contribution >= 0.6 is 0 Å². The van der Waals surface area contributed by atoms with E-state index in [-0.39, 0.29) is 11.9 Å². The number of benzene rings is 1. The van der Waals surface area contributed by atoms with Gasteiger partial charge in [-0.05, 0) is 38.4 Å². The van der Waals surface area contributed by atoms with E-state index in [2.05, 4.69) is 36.2 Å². The molecule has 4 nitrogen and oxygen atoms in total. The molecule has 118 valence electrons. The maximum absolute atomic E-state index is 12.2. The lowest BCUT2D eigenvalue weighted by Crippen LogP contribution is -2.50. The average Bonchev–Trinajstić information content (AvgIpc) is 2.44. The van der Waals surface area contributed by atoms with E-state index < -0.39 is 6.04 Å². The predicted molar refractivity (Wildman–Crippen MR) is 88.1 cm³/mol. The lowest BCUT2D eigenvalue weighted by atomic mass is 10.0. The summed E-state index contributed by atoms with van der Waals surface area (Å²) in [6, 6.07) is 9.81. The summed E-state index contributed by atoms with van der Waals surface area (Å²) in [7, 11) is 4.02. The molecule has 0 aliphatic rings. The third kappa shape index (κ3) is 6.74. The highest BCUT2D eigenvalue weighted by atomic mass is 16.2. The quantitative estimate of drug-likeness (QED) is 0.765. The van der Waals surface area contributed by atoms with Crippen LogP contribution in [0.4, 0.5) is 0 Å². The Hall–Kier alpha value is -1.39. The second-order valence-electron chi connectivity index (χ2n) is 6.25. The molecule has 21 heavy (non-hydrogen) atoms. The number of likely N-dealkylation sites (N-methyl/N-ethyl adjacent to an activating group) is 1. The van der Waals surface area contributed by atoms with Crippen LogP contribution < -0.4 is 11.1 Å². The van der Waals surface area contributed by atoms with Gasteiger partial charge >= 0.3 is 0 Å². The lowest BCUT2D eigenvalue weighted by Gasteiger charge is -2.27. The molecule has 1 aromatic carbocycles. The zero-order valence-corrected chi connectivity index (χ0v) is 13.7. The van der Waals surface area contributed by atoms with Crippen LogP contribution in [0.5, 0.6) is 0 Å². The molecule has 2 atom stereocenters. The van der Waals surface area contributed by atoms with Crippen LogP contribution in [0, 0.1) is 5.92 Å². The fourth-order valence-electron chi connectivity index (χ4n) is 2.20. The van der Waals surface area contributed by atoms with Gasteiger partial charge in [0.05, 0.1) is 6.04 Å². The molecule has 0 aliphatic heterocycles. The van der Waals surface area contributed by atoms with Gasteiger partial charge in [0.15, 0.2) is 0 Å². The van der Waals surface area contributed by atoms with Crippen LogP contribution in [0.15, 0.2) is 30.3 Å². The summed E-state index contributed by atoms with van der Waals surface area (Å²) in [5.74, 6) is 0.337. The summed E-state index contributed by atoms with van der Waals surface area (Å²) in [4.78, 5) is 14.3. The van der Waals surface area contributed by atoms with Gasteiger partial charge in [0.1, 0.15) is 0 Å². The minimum absolute atomic E-state index is 0.0496. The van der Waals surface area contributed by atoms with Gasteiger partial charge in [-0.1, -0.05) is 44.2 Å². The summed E-state index contributed by atoms with van der Waals surface area (Å²) in [5, 5.41) is 3.08. The highest BCUT2D eigenvalue weighted by Crippen LogP contribution is 2.06. The van der Waals surface area contributed by atoms with Crippen molar-refractivity contribution in [2.75, 3.05) is 20.6 Å². The molecule has 1 amide bonds. The third-order valence-corrected chi connectivity index (χ3v) is 3.62. The summed E-state index contributed by atoms with van der Waals surface area (Å²) < 4.78 is 0. The van der Waals surface area contributed by atoms with E-state index in [1.165, 1.54) is 5.56 Å². The molecule has 0 saturated heterocycles. The van der Waals surface area contributed by atoms with Gasteiger partial charge in [-0.2, -0.15) is 0 Å². The van der Waals surface area contributed by atoms with Crippen LogP contribution in [-0.4, -0.2) is 43.5 Å². The van der Waals surface area contributed by atoms with Gasteiger partial charge in [-0.25, -0.2) is 0 Å². The number of nitrogens with zero attached hydrogens (tertiary/aromatic N) is 1. The Morgan fingerprint density at radius 1 is 1.24 bits per heavy atom. The van der Waals surface area contributed by atoms with Gasteiger partial charge < -0.3 is 16.0 Å². The number of hydrogen-bond donors (Lipinski definition) is 2. The van der Waals surface area contributed by atoms with Gasteiger partial charge in [0.25, 0.3) is 0 Å². The van der Waals surface area contributed by atoms with Gasteiger partial charge in [-0.15, -0.1) is 0 Å². The van der Waals surface area contributed by atoms with E-state index in [9.17, 15) is 4.79 Å². The molecule has 0 saturated carbocycles. The van der Waals surface area contributed by atoms with Crippen molar-refractivity contribution in [2.24, 2.45) is 11.7 Å². The van der Waals surface area contributed by atoms with Crippen molar-refractivity contribution in [1.29, 1.82) is 0 Å². The molecule has 4 heteroatoms. The summed E-state index contributed by atoms with van der Waals surface area (Å²) in [5.41, 5.74) is 7.24. The van der Waals surface area contributed by atoms with E-state index in [0.29, 0.717) is 12.3 Å². The molecule has 0 radical (unpaired) electrons. The monoisotopic (exact) mass is 291 g/mol. The maximum atomic E-state index is 12.2. The molecule has 0 aliphatic carbocycles. The first kappa shape index (κ1) is 17.7. The van der Waals surface area contributed by atoms with Crippen LogP contribution in [0.1, 0.15) is 25.8 Å². The zero-order valence-electron chi connectivity index (χ0n) is 13.7. The first-order valence-electron chi connectivity index (χ1n) is 7.64. The Morgan fingerprint density at radius 2 is 1.86 bits per heavy atom. The van der Waals surface area contributed by atoms with Crippen molar-refractivity contribution in [3.05, 3.63) is 35.9 Å². The second kappa shape index (κ2) is 8.80. The van der Waals surface area contributed by atoms with E-state index in [4.69, 9.17) is 5.73 Å². The molecular weight excluding hydrogens is 262 g/mol. The molecule has 0 heterocycles. The molecule has 0 bridgehead atoms. The van der Waals surface area contributed by atoms with E-state index in [1.54, 1.807) is 0 Å². The third-order valence-electron chi connectivity index (χ3n) is 3.62. The number of nitrogens with two attached hydrogens (primary N) is 1. The van der Waals surface area contributed by atoms with Crippen molar-refractivity contribution in [3.63, 3.8) is 0 Å². The molecular formula is C17H29N3O. The smallest absolute Gasteiger partial charge is 0.237 e. The fourth-order valence-corrected chi connectivity index (χ4v) is 2.20. The van der Waals surface area contributed by atoms with E-state index in [0.717, 1.165) is 13.0 Å². The maximum Gasteiger partial charge on any atom is 0.237 e. The topological polar surface area (TPSA) is 58.4 Å². The van der Waals surface area contributed by atoms with Crippen molar-refractivity contribution in [3.8, 4) is 0 Å². The first-order chi connectivity index (χ1) is 9.90. The second-order valence-corrected chi connectivity index (χ2v) is 6.25. The molecule has 0 fully saturated rings. The predicted octanol–water partition coefficient (Wildman–Crippen LogP) is 1.65. The van der Waals surface area contributed by atoms with Crippen molar-refractivity contribution >= 4 is 5.91 Å². The number of carbonyl (C=O) groups excluding carboxylic acids is 1. The standard InChI is InChI=1S/C17H29N3O/c1-13(2)16(12-20(3)4)19-17(21)15(18)11-10-14-8-6-5-7-9-14/h5-9,13,15-16H,10-12,18H2,1-4H3,(H,19,21)/t15-,16?/m0/s1. The largest absolute Gasteiger partial charge is 0.350 e. The van der Waals surface area contributed by atoms with Gasteiger partial charge in [-0.3, -0.25) is 4.79 Å². The number of carbonyl (C=O) groups is 1. The van der Waals surface area contributed by atoms with E-state index in [1.807, 2.05) is 32.3 Å². The van der Waals surface area contributed by atoms with Crippen LogP contribution in [0.3, 0.4) is 0 Å². The highest BCUT2D eigenvalue weighted by molar-refractivity contribution is 5.81. The minimum atomic E-state index is -0.450. The Labute approximate surface area is 128 Å².